The molecule has 8 heteroatoms. The lowest BCUT2D eigenvalue weighted by atomic mass is 10.1. The van der Waals surface area contributed by atoms with E-state index in [0.717, 1.165) is 58.1 Å². The van der Waals surface area contributed by atoms with Gasteiger partial charge in [-0.2, -0.15) is 9.97 Å². The Bertz CT molecular complexity index is 1410. The van der Waals surface area contributed by atoms with Gasteiger partial charge in [0.25, 0.3) is 0 Å². The number of nitrogens with zero attached hydrogens (tertiary/aromatic N) is 5. The molecule has 164 valence electrons. The Labute approximate surface area is 190 Å². The first kappa shape index (κ1) is 18.8. The number of benzene rings is 1. The van der Waals surface area contributed by atoms with E-state index in [1.807, 2.05) is 30.3 Å². The van der Waals surface area contributed by atoms with Gasteiger partial charge in [-0.25, -0.2) is 0 Å². The van der Waals surface area contributed by atoms with Gasteiger partial charge in [0.1, 0.15) is 11.6 Å². The highest BCUT2D eigenvalue weighted by Gasteiger charge is 2.54. The Morgan fingerprint density at radius 3 is 2.76 bits per heavy atom. The highest BCUT2D eigenvalue weighted by molar-refractivity contribution is 5.86. The van der Waals surface area contributed by atoms with E-state index in [1.165, 1.54) is 0 Å². The van der Waals surface area contributed by atoms with Gasteiger partial charge in [0.2, 0.25) is 0 Å². The Morgan fingerprint density at radius 1 is 1.03 bits per heavy atom. The van der Waals surface area contributed by atoms with Gasteiger partial charge in [-0.15, -0.1) is 0 Å². The van der Waals surface area contributed by atoms with Crippen LogP contribution in [0.15, 0.2) is 48.8 Å². The number of nitrogens with two attached hydrogens (primary N) is 1. The summed E-state index contributed by atoms with van der Waals surface area (Å²) >= 11 is 0. The predicted molar refractivity (Wildman–Crippen MR) is 124 cm³/mol. The molecule has 0 spiro atoms. The molecule has 2 aliphatic carbocycles. The molecule has 1 aliphatic heterocycles. The number of hydrogen-bond donors (Lipinski definition) is 1. The van der Waals surface area contributed by atoms with Crippen LogP contribution in [0.5, 0.6) is 17.5 Å². The number of rotatable bonds is 4. The van der Waals surface area contributed by atoms with Crippen LogP contribution in [-0.2, 0) is 6.42 Å². The van der Waals surface area contributed by atoms with Crippen LogP contribution in [0.25, 0.3) is 22.2 Å². The number of piperidine rings is 1. The van der Waals surface area contributed by atoms with Gasteiger partial charge in [-0.05, 0) is 35.6 Å². The molecule has 3 aliphatic rings. The van der Waals surface area contributed by atoms with Crippen molar-refractivity contribution in [3.8, 4) is 28.6 Å². The lowest BCUT2D eigenvalue weighted by Gasteiger charge is -2.23. The zero-order valence-electron chi connectivity index (χ0n) is 18.1. The smallest absolute Gasteiger partial charge is 0.324 e. The molecule has 1 saturated heterocycles. The van der Waals surface area contributed by atoms with Gasteiger partial charge in [0.15, 0.2) is 5.75 Å². The van der Waals surface area contributed by atoms with Crippen LogP contribution in [0.2, 0.25) is 0 Å². The van der Waals surface area contributed by atoms with Crippen LogP contribution in [-0.4, -0.2) is 46.2 Å². The second-order valence-electron chi connectivity index (χ2n) is 8.94. The summed E-state index contributed by atoms with van der Waals surface area (Å²) in [5, 5.41) is 0. The van der Waals surface area contributed by atoms with E-state index in [0.29, 0.717) is 36.1 Å². The normalized spacial score (nSPS) is 22.1. The second kappa shape index (κ2) is 6.86. The Balaban J connectivity index is 1.32. The van der Waals surface area contributed by atoms with Crippen molar-refractivity contribution in [2.45, 2.75) is 12.5 Å². The molecule has 2 N–H and O–H groups in total. The zero-order valence-corrected chi connectivity index (χ0v) is 18.1. The van der Waals surface area contributed by atoms with Crippen LogP contribution in [0.4, 0.5) is 5.82 Å². The fourth-order valence-corrected chi connectivity index (χ4v) is 5.33. The van der Waals surface area contributed by atoms with Crippen molar-refractivity contribution < 1.29 is 9.47 Å². The lowest BCUT2D eigenvalue weighted by Crippen LogP contribution is -2.29. The summed E-state index contributed by atoms with van der Waals surface area (Å²) in [4.78, 5) is 20.9. The topological polar surface area (TPSA) is 99.3 Å². The summed E-state index contributed by atoms with van der Waals surface area (Å²) in [6.07, 6.45) is 4.10. The average molecular weight is 438 g/mol. The fraction of sp³-hybridized carbons (Fsp3) is 0.280. The van der Waals surface area contributed by atoms with Crippen molar-refractivity contribution in [2.24, 2.45) is 17.6 Å². The highest BCUT2D eigenvalue weighted by atomic mass is 16.5. The van der Waals surface area contributed by atoms with E-state index >= 15 is 0 Å². The number of fused-ring (bicyclic) bond motifs is 5. The predicted octanol–water partition coefficient (Wildman–Crippen LogP) is 3.19. The van der Waals surface area contributed by atoms with Crippen LogP contribution >= 0.6 is 0 Å². The molecule has 0 amide bonds. The summed E-state index contributed by atoms with van der Waals surface area (Å²) in [6.45, 7) is 1.82. The van der Waals surface area contributed by atoms with Gasteiger partial charge < -0.3 is 20.1 Å². The molecule has 3 aromatic heterocycles. The SMILES string of the molecule is COc1cccc2c1Cc1nc(Oc3cnc4cccnc4c3)nc(N3CC4C(N)C4C3)c1-2. The number of aromatic nitrogens is 4. The Hall–Kier alpha value is -3.78. The third-order valence-corrected chi connectivity index (χ3v) is 7.11. The number of methoxy groups -OCH3 is 1. The van der Waals surface area contributed by atoms with Gasteiger partial charge in [0.05, 0.1) is 30.0 Å². The van der Waals surface area contributed by atoms with Gasteiger partial charge >= 0.3 is 6.01 Å². The van der Waals surface area contributed by atoms with E-state index in [2.05, 4.69) is 20.9 Å². The zero-order chi connectivity index (χ0) is 22.1. The maximum absolute atomic E-state index is 6.20. The quantitative estimate of drug-likeness (QED) is 0.457. The minimum atomic E-state index is 0.315. The van der Waals surface area contributed by atoms with Crippen molar-refractivity contribution in [1.29, 1.82) is 0 Å². The molecule has 2 unspecified atom stereocenters. The maximum Gasteiger partial charge on any atom is 0.324 e. The van der Waals surface area contributed by atoms with Crippen molar-refractivity contribution in [3.05, 3.63) is 60.0 Å². The molecule has 0 bridgehead atoms. The minimum Gasteiger partial charge on any atom is -0.496 e. The number of ether oxygens (including phenoxy) is 2. The third kappa shape index (κ3) is 2.87. The number of pyridine rings is 2. The third-order valence-electron chi connectivity index (χ3n) is 7.11. The summed E-state index contributed by atoms with van der Waals surface area (Å²) in [5.41, 5.74) is 12.1. The fourth-order valence-electron chi connectivity index (χ4n) is 5.33. The average Bonchev–Trinajstić information content (AvgIpc) is 3.20. The molecule has 7 rings (SSSR count). The van der Waals surface area contributed by atoms with Crippen LogP contribution in [0, 0.1) is 11.8 Å². The number of anilines is 1. The van der Waals surface area contributed by atoms with Gasteiger partial charge in [-0.3, -0.25) is 9.97 Å². The molecule has 4 aromatic rings. The van der Waals surface area contributed by atoms with E-state index in [9.17, 15) is 0 Å². The molecule has 1 saturated carbocycles. The van der Waals surface area contributed by atoms with Crippen molar-refractivity contribution in [2.75, 3.05) is 25.1 Å². The molecule has 8 nitrogen and oxygen atoms in total. The van der Waals surface area contributed by atoms with Crippen molar-refractivity contribution >= 4 is 16.9 Å². The minimum absolute atomic E-state index is 0.315. The molecule has 0 radical (unpaired) electrons. The lowest BCUT2D eigenvalue weighted by molar-refractivity contribution is 0.411. The van der Waals surface area contributed by atoms with E-state index in [1.54, 1.807) is 19.5 Å². The molecule has 33 heavy (non-hydrogen) atoms. The van der Waals surface area contributed by atoms with Crippen LogP contribution in [0.1, 0.15) is 11.3 Å². The molecular formula is C25H22N6O2. The van der Waals surface area contributed by atoms with Crippen molar-refractivity contribution in [3.63, 3.8) is 0 Å². The summed E-state index contributed by atoms with van der Waals surface area (Å²) in [7, 11) is 1.70. The first-order valence-electron chi connectivity index (χ1n) is 11.2. The number of hydrogen-bond acceptors (Lipinski definition) is 8. The van der Waals surface area contributed by atoms with E-state index in [4.69, 9.17) is 25.2 Å². The Kier molecular flexibility index (Phi) is 3.90. The van der Waals surface area contributed by atoms with E-state index in [-0.39, 0.29) is 0 Å². The largest absolute Gasteiger partial charge is 0.496 e. The maximum atomic E-state index is 6.20. The van der Waals surface area contributed by atoms with E-state index < -0.39 is 0 Å². The standard InChI is InChI=1S/C25H22N6O2/c1-32-21-6-2-4-14-15(21)9-20-22(14)24(31-11-16-17(12-31)23(16)26)30-25(29-20)33-13-8-19-18(28-10-13)5-3-7-27-19/h2-8,10,16-17,23H,9,11-12,26H2,1H3. The molecular weight excluding hydrogens is 416 g/mol. The second-order valence-corrected chi connectivity index (χ2v) is 8.94. The molecule has 1 aromatic carbocycles. The first-order chi connectivity index (χ1) is 16.2. The van der Waals surface area contributed by atoms with Gasteiger partial charge in [-0.1, -0.05) is 12.1 Å². The van der Waals surface area contributed by atoms with Crippen LogP contribution < -0.4 is 20.1 Å². The van der Waals surface area contributed by atoms with Gasteiger partial charge in [0, 0.05) is 48.9 Å². The summed E-state index contributed by atoms with van der Waals surface area (Å²) < 4.78 is 11.8. The monoisotopic (exact) mass is 438 g/mol. The molecule has 2 fully saturated rings. The highest BCUT2D eigenvalue weighted by Crippen LogP contribution is 2.50. The Morgan fingerprint density at radius 2 is 1.91 bits per heavy atom. The van der Waals surface area contributed by atoms with Crippen molar-refractivity contribution in [1.82, 2.24) is 19.9 Å². The summed E-state index contributed by atoms with van der Waals surface area (Å²) in [5.74, 6) is 3.43. The summed E-state index contributed by atoms with van der Waals surface area (Å²) in [6, 6.07) is 12.4. The molecule has 2 atom stereocenters. The van der Waals surface area contributed by atoms with Crippen LogP contribution in [0.3, 0.4) is 0 Å². The first-order valence-corrected chi connectivity index (χ1v) is 11.2. The molecule has 4 heterocycles.